The second-order valence-electron chi connectivity index (χ2n) is 3.29. The SMILES string of the molecule is C/C=C/C(=C\C)c1ccc(CC)cc1. The van der Waals surface area contributed by atoms with Crippen molar-refractivity contribution in [3.8, 4) is 0 Å². The lowest BCUT2D eigenvalue weighted by molar-refractivity contribution is 1.14. The molecule has 74 valence electrons. The number of benzene rings is 1. The molecule has 0 heteroatoms. The van der Waals surface area contributed by atoms with Crippen molar-refractivity contribution in [2.75, 3.05) is 0 Å². The van der Waals surface area contributed by atoms with E-state index < -0.39 is 0 Å². The van der Waals surface area contributed by atoms with Gasteiger partial charge in [-0.15, -0.1) is 0 Å². The number of aryl methyl sites for hydroxylation is 1. The Kier molecular flexibility index (Phi) is 4.18. The van der Waals surface area contributed by atoms with Gasteiger partial charge in [-0.3, -0.25) is 0 Å². The van der Waals surface area contributed by atoms with E-state index in [9.17, 15) is 0 Å². The Balaban J connectivity index is 2.96. The summed E-state index contributed by atoms with van der Waals surface area (Å²) in [6.07, 6.45) is 7.46. The van der Waals surface area contributed by atoms with E-state index in [1.165, 1.54) is 16.7 Å². The standard InChI is InChI=1S/C14H18/c1-4-7-13(6-3)14-10-8-12(5-2)9-11-14/h4,6-11H,5H2,1-3H3/b7-4+,13-6+. The predicted molar refractivity (Wildman–Crippen MR) is 64.3 cm³/mol. The van der Waals surface area contributed by atoms with Crippen molar-refractivity contribution >= 4 is 5.57 Å². The third-order valence-electron chi connectivity index (χ3n) is 2.35. The highest BCUT2D eigenvalue weighted by molar-refractivity contribution is 5.73. The molecule has 0 aliphatic carbocycles. The maximum Gasteiger partial charge on any atom is -0.0187 e. The molecule has 0 fully saturated rings. The summed E-state index contributed by atoms with van der Waals surface area (Å²) in [5, 5.41) is 0. The Bertz CT molecular complexity index is 326. The van der Waals surface area contributed by atoms with Gasteiger partial charge >= 0.3 is 0 Å². The highest BCUT2D eigenvalue weighted by atomic mass is 14.0. The first-order chi connectivity index (χ1) is 6.81. The average molecular weight is 186 g/mol. The van der Waals surface area contributed by atoms with E-state index in [-0.39, 0.29) is 0 Å². The van der Waals surface area contributed by atoms with Crippen LogP contribution in [-0.4, -0.2) is 0 Å². The fraction of sp³-hybridized carbons (Fsp3) is 0.286. The molecule has 0 saturated heterocycles. The molecule has 0 N–H and O–H groups in total. The molecule has 1 aromatic carbocycles. The second kappa shape index (κ2) is 5.43. The lowest BCUT2D eigenvalue weighted by Crippen LogP contribution is -1.83. The van der Waals surface area contributed by atoms with Gasteiger partial charge in [-0.05, 0) is 37.0 Å². The normalized spacial score (nSPS) is 12.4. The van der Waals surface area contributed by atoms with Crippen LogP contribution in [-0.2, 0) is 6.42 Å². The van der Waals surface area contributed by atoms with Crippen LogP contribution in [0, 0.1) is 0 Å². The van der Waals surface area contributed by atoms with Crippen molar-refractivity contribution in [2.24, 2.45) is 0 Å². The van der Waals surface area contributed by atoms with Gasteiger partial charge in [0.1, 0.15) is 0 Å². The molecule has 0 bridgehead atoms. The number of hydrogen-bond donors (Lipinski definition) is 0. The number of hydrogen-bond acceptors (Lipinski definition) is 0. The zero-order valence-corrected chi connectivity index (χ0v) is 9.25. The molecule has 0 heterocycles. The van der Waals surface area contributed by atoms with Crippen molar-refractivity contribution in [3.05, 3.63) is 53.6 Å². The molecule has 0 unspecified atom stereocenters. The van der Waals surface area contributed by atoms with Crippen LogP contribution >= 0.6 is 0 Å². The molecule has 0 aliphatic rings. The summed E-state index contributed by atoms with van der Waals surface area (Å²) in [6.45, 7) is 6.30. The third-order valence-corrected chi connectivity index (χ3v) is 2.35. The second-order valence-corrected chi connectivity index (χ2v) is 3.29. The zero-order valence-electron chi connectivity index (χ0n) is 9.25. The van der Waals surface area contributed by atoms with E-state index in [2.05, 4.69) is 56.3 Å². The van der Waals surface area contributed by atoms with Gasteiger partial charge in [0.15, 0.2) is 0 Å². The Morgan fingerprint density at radius 3 is 2.21 bits per heavy atom. The molecule has 0 atom stereocenters. The van der Waals surface area contributed by atoms with Crippen molar-refractivity contribution in [2.45, 2.75) is 27.2 Å². The van der Waals surface area contributed by atoms with Crippen molar-refractivity contribution in [1.82, 2.24) is 0 Å². The van der Waals surface area contributed by atoms with Crippen LogP contribution in [0.2, 0.25) is 0 Å². The minimum absolute atomic E-state index is 1.11. The molecule has 0 nitrogen and oxygen atoms in total. The van der Waals surface area contributed by atoms with E-state index in [0.717, 1.165) is 6.42 Å². The molecule has 0 aromatic heterocycles. The molecule has 14 heavy (non-hydrogen) atoms. The summed E-state index contributed by atoms with van der Waals surface area (Å²) in [5.74, 6) is 0. The van der Waals surface area contributed by atoms with Gasteiger partial charge in [-0.2, -0.15) is 0 Å². The van der Waals surface area contributed by atoms with Gasteiger partial charge in [0.25, 0.3) is 0 Å². The van der Waals surface area contributed by atoms with Crippen LogP contribution in [0.15, 0.2) is 42.5 Å². The minimum atomic E-state index is 1.11. The molecule has 1 aromatic rings. The lowest BCUT2D eigenvalue weighted by atomic mass is 10.0. The van der Waals surface area contributed by atoms with Crippen molar-refractivity contribution in [1.29, 1.82) is 0 Å². The fourth-order valence-corrected chi connectivity index (χ4v) is 1.47. The summed E-state index contributed by atoms with van der Waals surface area (Å²) in [7, 11) is 0. The van der Waals surface area contributed by atoms with E-state index in [0.29, 0.717) is 0 Å². The maximum atomic E-state index is 2.20. The van der Waals surface area contributed by atoms with E-state index >= 15 is 0 Å². The number of rotatable bonds is 3. The molecule has 1 rings (SSSR count). The zero-order chi connectivity index (χ0) is 10.4. The third kappa shape index (κ3) is 2.59. The lowest BCUT2D eigenvalue weighted by Gasteiger charge is -2.03. The first-order valence-corrected chi connectivity index (χ1v) is 5.20. The van der Waals surface area contributed by atoms with E-state index in [1.807, 2.05) is 6.92 Å². The molecule has 0 aliphatic heterocycles. The highest BCUT2D eigenvalue weighted by Crippen LogP contribution is 2.16. The smallest absolute Gasteiger partial charge is 0.0187 e. The summed E-state index contributed by atoms with van der Waals surface area (Å²) in [5.41, 5.74) is 3.97. The Morgan fingerprint density at radius 2 is 1.79 bits per heavy atom. The van der Waals surface area contributed by atoms with Crippen molar-refractivity contribution < 1.29 is 0 Å². The molecular weight excluding hydrogens is 168 g/mol. The van der Waals surface area contributed by atoms with Crippen LogP contribution in [0.4, 0.5) is 0 Å². The Labute approximate surface area is 87.0 Å². The van der Waals surface area contributed by atoms with Crippen LogP contribution in [0.1, 0.15) is 31.9 Å². The summed E-state index contributed by atoms with van der Waals surface area (Å²) in [4.78, 5) is 0. The minimum Gasteiger partial charge on any atom is -0.0871 e. The van der Waals surface area contributed by atoms with Gasteiger partial charge < -0.3 is 0 Å². The fourth-order valence-electron chi connectivity index (χ4n) is 1.47. The maximum absolute atomic E-state index is 2.20. The van der Waals surface area contributed by atoms with Gasteiger partial charge in [-0.25, -0.2) is 0 Å². The quantitative estimate of drug-likeness (QED) is 0.620. The van der Waals surface area contributed by atoms with Gasteiger partial charge in [0.2, 0.25) is 0 Å². The molecular formula is C14H18. The van der Waals surface area contributed by atoms with Gasteiger partial charge in [0, 0.05) is 0 Å². The topological polar surface area (TPSA) is 0 Å². The summed E-state index contributed by atoms with van der Waals surface area (Å²) >= 11 is 0. The van der Waals surface area contributed by atoms with E-state index in [1.54, 1.807) is 0 Å². The summed E-state index contributed by atoms with van der Waals surface area (Å²) < 4.78 is 0. The van der Waals surface area contributed by atoms with Crippen LogP contribution < -0.4 is 0 Å². The predicted octanol–water partition coefficient (Wildman–Crippen LogP) is 4.23. The van der Waals surface area contributed by atoms with Crippen LogP contribution in [0.25, 0.3) is 5.57 Å². The van der Waals surface area contributed by atoms with Crippen molar-refractivity contribution in [3.63, 3.8) is 0 Å². The van der Waals surface area contributed by atoms with Crippen LogP contribution in [0.3, 0.4) is 0 Å². The monoisotopic (exact) mass is 186 g/mol. The van der Waals surface area contributed by atoms with Gasteiger partial charge in [-0.1, -0.05) is 49.4 Å². The first-order valence-electron chi connectivity index (χ1n) is 5.20. The van der Waals surface area contributed by atoms with Gasteiger partial charge in [0.05, 0.1) is 0 Å². The average Bonchev–Trinajstić information content (AvgIpc) is 2.26. The van der Waals surface area contributed by atoms with Crippen LogP contribution in [0.5, 0.6) is 0 Å². The molecule has 0 amide bonds. The first kappa shape index (κ1) is 10.8. The molecule has 0 saturated carbocycles. The Hall–Kier alpha value is -1.30. The number of allylic oxidation sites excluding steroid dienone is 4. The summed E-state index contributed by atoms with van der Waals surface area (Å²) in [6, 6.07) is 8.77. The largest absolute Gasteiger partial charge is 0.0871 e. The van der Waals surface area contributed by atoms with E-state index in [4.69, 9.17) is 0 Å². The Morgan fingerprint density at radius 1 is 1.14 bits per heavy atom. The highest BCUT2D eigenvalue weighted by Gasteiger charge is 1.95. The molecule has 0 radical (unpaired) electrons. The molecule has 0 spiro atoms.